The average Bonchev–Trinajstić information content (AvgIpc) is 2.68. The summed E-state index contributed by atoms with van der Waals surface area (Å²) in [6, 6.07) is 15.9. The topological polar surface area (TPSA) is 60.7 Å². The van der Waals surface area contributed by atoms with E-state index in [0.29, 0.717) is 5.95 Å². The lowest BCUT2D eigenvalue weighted by Gasteiger charge is -2.23. The minimum absolute atomic E-state index is 0.581. The standard InChI is InChI=1S/C19H20N4O2/c1-24-17-9-5-4-8-16(17)21-19-20-15-7-3-2-6-14(15)18(22-19)23-10-12-25-13-11-23/h2-9H,10-13H2,1H3,(H,20,21,22)/p+1. The molecule has 2 heterocycles. The van der Waals surface area contributed by atoms with Crippen LogP contribution < -0.4 is 15.0 Å². The summed E-state index contributed by atoms with van der Waals surface area (Å²) in [5.74, 6) is 2.36. The normalized spacial score (nSPS) is 15.2. The average molecular weight is 337 g/mol. The van der Waals surface area contributed by atoms with E-state index in [0.717, 1.165) is 54.5 Å². The fourth-order valence-electron chi connectivity index (χ4n) is 3.12. The molecule has 2 aromatic carbocycles. The van der Waals surface area contributed by atoms with Crippen LogP contribution in [0, 0.1) is 0 Å². The van der Waals surface area contributed by atoms with Crippen molar-refractivity contribution in [3.63, 3.8) is 0 Å². The van der Waals surface area contributed by atoms with Gasteiger partial charge in [-0.05, 0) is 24.3 Å². The van der Waals surface area contributed by atoms with E-state index < -0.39 is 0 Å². The number of hydrogen-bond acceptors (Lipinski definition) is 5. The number of ether oxygens (including phenoxy) is 2. The number of benzene rings is 2. The van der Waals surface area contributed by atoms with E-state index in [1.54, 1.807) is 7.11 Å². The van der Waals surface area contributed by atoms with Crippen molar-refractivity contribution in [2.45, 2.75) is 0 Å². The second kappa shape index (κ2) is 7.04. The molecule has 0 spiro atoms. The highest BCUT2D eigenvalue weighted by Gasteiger charge is 2.22. The Balaban J connectivity index is 1.76. The Bertz CT molecular complexity index is 878. The van der Waals surface area contributed by atoms with Crippen molar-refractivity contribution >= 4 is 28.4 Å². The van der Waals surface area contributed by atoms with E-state index in [-0.39, 0.29) is 0 Å². The van der Waals surface area contributed by atoms with E-state index >= 15 is 0 Å². The number of anilines is 2. The minimum atomic E-state index is 0.581. The van der Waals surface area contributed by atoms with E-state index in [1.807, 2.05) is 42.5 Å². The summed E-state index contributed by atoms with van der Waals surface area (Å²) in [5, 5.41) is 4.39. The first kappa shape index (κ1) is 15.8. The molecule has 0 bridgehead atoms. The predicted octanol–water partition coefficient (Wildman–Crippen LogP) is 1.93. The second-order valence-corrected chi connectivity index (χ2v) is 5.95. The molecule has 3 aromatic rings. The molecular weight excluding hydrogens is 316 g/mol. The third kappa shape index (κ3) is 3.26. The van der Waals surface area contributed by atoms with Gasteiger partial charge in [0, 0.05) is 0 Å². The number of para-hydroxylation sites is 3. The lowest BCUT2D eigenvalue weighted by atomic mass is 10.2. The zero-order valence-electron chi connectivity index (χ0n) is 14.2. The molecule has 0 amide bonds. The molecule has 1 saturated heterocycles. The molecule has 0 radical (unpaired) electrons. The smallest absolute Gasteiger partial charge is 0.238 e. The molecule has 6 heteroatoms. The van der Waals surface area contributed by atoms with Gasteiger partial charge >= 0.3 is 0 Å². The van der Waals surface area contributed by atoms with Crippen molar-refractivity contribution < 1.29 is 14.4 Å². The fourth-order valence-corrected chi connectivity index (χ4v) is 3.12. The van der Waals surface area contributed by atoms with Gasteiger partial charge in [0.15, 0.2) is 0 Å². The molecule has 0 unspecified atom stereocenters. The van der Waals surface area contributed by atoms with Crippen LogP contribution >= 0.6 is 0 Å². The largest absolute Gasteiger partial charge is 0.495 e. The molecule has 4 rings (SSSR count). The molecule has 0 saturated carbocycles. The van der Waals surface area contributed by atoms with E-state index in [9.17, 15) is 0 Å². The Kier molecular flexibility index (Phi) is 4.45. The summed E-state index contributed by atoms with van der Waals surface area (Å²) in [6.07, 6.45) is 0. The van der Waals surface area contributed by atoms with E-state index in [4.69, 9.17) is 14.5 Å². The Morgan fingerprint density at radius 1 is 1.00 bits per heavy atom. The molecule has 0 atom stereocenters. The van der Waals surface area contributed by atoms with Crippen molar-refractivity contribution in [1.82, 2.24) is 9.97 Å². The van der Waals surface area contributed by atoms with Crippen molar-refractivity contribution in [2.24, 2.45) is 0 Å². The zero-order chi connectivity index (χ0) is 17.1. The summed E-state index contributed by atoms with van der Waals surface area (Å²) in [7, 11) is 1.66. The number of quaternary nitrogens is 1. The van der Waals surface area contributed by atoms with Gasteiger partial charge in [-0.2, -0.15) is 4.98 Å². The molecule has 0 aliphatic carbocycles. The highest BCUT2D eigenvalue weighted by atomic mass is 16.5. The van der Waals surface area contributed by atoms with Gasteiger partial charge in [0.05, 0.1) is 36.9 Å². The van der Waals surface area contributed by atoms with Crippen LogP contribution in [0.5, 0.6) is 5.75 Å². The van der Waals surface area contributed by atoms with Crippen LogP contribution in [-0.4, -0.2) is 43.4 Å². The monoisotopic (exact) mass is 337 g/mol. The van der Waals surface area contributed by atoms with Crippen LogP contribution in [0.3, 0.4) is 0 Å². The maximum absolute atomic E-state index is 5.49. The minimum Gasteiger partial charge on any atom is -0.495 e. The molecule has 6 nitrogen and oxygen atoms in total. The number of aromatic nitrogens is 2. The highest BCUT2D eigenvalue weighted by Crippen LogP contribution is 2.27. The van der Waals surface area contributed by atoms with Crippen molar-refractivity contribution in [3.8, 4) is 5.75 Å². The van der Waals surface area contributed by atoms with Crippen molar-refractivity contribution in [1.29, 1.82) is 0 Å². The molecule has 1 aliphatic rings. The van der Waals surface area contributed by atoms with Gasteiger partial charge < -0.3 is 14.8 Å². The number of methoxy groups -OCH3 is 1. The van der Waals surface area contributed by atoms with Crippen LogP contribution in [0.2, 0.25) is 0 Å². The number of nitrogens with zero attached hydrogens (tertiary/aromatic N) is 2. The van der Waals surface area contributed by atoms with Gasteiger partial charge in [-0.15, -0.1) is 0 Å². The predicted molar refractivity (Wildman–Crippen MR) is 97.0 cm³/mol. The first-order valence-corrected chi connectivity index (χ1v) is 8.45. The van der Waals surface area contributed by atoms with Gasteiger partial charge in [-0.1, -0.05) is 24.3 Å². The highest BCUT2D eigenvalue weighted by molar-refractivity contribution is 5.87. The maximum Gasteiger partial charge on any atom is 0.238 e. The SMILES string of the molecule is COc1ccccc1Nc1nc([NH+]2CCOCC2)c2ccccc2n1. The molecular formula is C19H21N4O2+. The first-order chi connectivity index (χ1) is 12.3. The Morgan fingerprint density at radius 3 is 2.60 bits per heavy atom. The van der Waals surface area contributed by atoms with Crippen LogP contribution in [-0.2, 0) is 4.74 Å². The lowest BCUT2D eigenvalue weighted by Crippen LogP contribution is -3.09. The van der Waals surface area contributed by atoms with Gasteiger partial charge in [0.2, 0.25) is 11.8 Å². The van der Waals surface area contributed by atoms with Crippen LogP contribution in [0.15, 0.2) is 48.5 Å². The molecule has 1 fully saturated rings. The molecule has 25 heavy (non-hydrogen) atoms. The summed E-state index contributed by atoms with van der Waals surface area (Å²) in [4.78, 5) is 10.8. The number of fused-ring (bicyclic) bond motifs is 1. The third-order valence-corrected chi connectivity index (χ3v) is 4.39. The van der Waals surface area contributed by atoms with Crippen molar-refractivity contribution in [3.05, 3.63) is 48.5 Å². The van der Waals surface area contributed by atoms with E-state index in [1.165, 1.54) is 4.90 Å². The summed E-state index contributed by atoms with van der Waals surface area (Å²) >= 11 is 0. The number of nitrogens with one attached hydrogen (secondary N) is 2. The van der Waals surface area contributed by atoms with Gasteiger partial charge in [-0.3, -0.25) is 4.90 Å². The first-order valence-electron chi connectivity index (χ1n) is 8.45. The maximum atomic E-state index is 5.49. The summed E-state index contributed by atoms with van der Waals surface area (Å²) in [5.41, 5.74) is 1.78. The number of rotatable bonds is 4. The summed E-state index contributed by atoms with van der Waals surface area (Å²) in [6.45, 7) is 3.33. The van der Waals surface area contributed by atoms with Crippen molar-refractivity contribution in [2.75, 3.05) is 38.7 Å². The van der Waals surface area contributed by atoms with Crippen LogP contribution in [0.25, 0.3) is 10.9 Å². The van der Waals surface area contributed by atoms with Crippen LogP contribution in [0.1, 0.15) is 0 Å². The van der Waals surface area contributed by atoms with Gasteiger partial charge in [-0.25, -0.2) is 4.98 Å². The molecule has 128 valence electrons. The molecule has 2 N–H and O–H groups in total. The quantitative estimate of drug-likeness (QED) is 0.762. The van der Waals surface area contributed by atoms with E-state index in [2.05, 4.69) is 16.4 Å². The second-order valence-electron chi connectivity index (χ2n) is 5.95. The Hall–Kier alpha value is -2.70. The van der Waals surface area contributed by atoms with Crippen LogP contribution in [0.4, 0.5) is 17.5 Å². The lowest BCUT2D eigenvalue weighted by molar-refractivity contribution is -0.843. The Morgan fingerprint density at radius 2 is 1.76 bits per heavy atom. The number of morpholine rings is 1. The molecule has 1 aromatic heterocycles. The molecule has 1 aliphatic heterocycles. The van der Waals surface area contributed by atoms with Gasteiger partial charge in [0.25, 0.3) is 0 Å². The summed E-state index contributed by atoms with van der Waals surface area (Å²) < 4.78 is 10.9. The zero-order valence-corrected chi connectivity index (χ0v) is 14.2. The Labute approximate surface area is 146 Å². The third-order valence-electron chi connectivity index (χ3n) is 4.39. The number of hydrogen-bond donors (Lipinski definition) is 2. The fraction of sp³-hybridized carbons (Fsp3) is 0.263. The van der Waals surface area contributed by atoms with Gasteiger partial charge in [0.1, 0.15) is 18.8 Å².